The van der Waals surface area contributed by atoms with Gasteiger partial charge in [0, 0.05) is 30.6 Å². The Bertz CT molecular complexity index is 414. The van der Waals surface area contributed by atoms with Crippen molar-refractivity contribution in [3.8, 4) is 0 Å². The van der Waals surface area contributed by atoms with Crippen LogP contribution in [0.25, 0.3) is 0 Å². The molecule has 0 aliphatic rings. The van der Waals surface area contributed by atoms with Crippen LogP contribution >= 0.6 is 24.0 Å². The lowest BCUT2D eigenvalue weighted by atomic mass is 10.3. The molecule has 0 saturated heterocycles. The van der Waals surface area contributed by atoms with E-state index in [1.54, 1.807) is 11.8 Å². The lowest BCUT2D eigenvalue weighted by molar-refractivity contribution is -0.114. The molecular formula is C13H18N2OS2. The smallest absolute Gasteiger partial charge is 0.221 e. The number of benzene rings is 1. The molecule has 5 heteroatoms. The van der Waals surface area contributed by atoms with E-state index in [0.29, 0.717) is 0 Å². The van der Waals surface area contributed by atoms with Crippen LogP contribution in [0.5, 0.6) is 0 Å². The number of nitrogens with zero attached hydrogens (tertiary/aromatic N) is 1. The summed E-state index contributed by atoms with van der Waals surface area (Å²) in [5.41, 5.74) is 0.806. The molecule has 1 aromatic carbocycles. The number of thioether (sulfide) groups is 1. The molecule has 0 aliphatic carbocycles. The Morgan fingerprint density at radius 2 is 1.83 bits per heavy atom. The number of hydrogen-bond acceptors (Lipinski definition) is 3. The fourth-order valence-electron chi connectivity index (χ4n) is 1.46. The van der Waals surface area contributed by atoms with Gasteiger partial charge in [-0.15, -0.1) is 0 Å². The highest BCUT2D eigenvalue weighted by molar-refractivity contribution is 8.22. The zero-order valence-corrected chi connectivity index (χ0v) is 12.5. The molecule has 0 spiro atoms. The van der Waals surface area contributed by atoms with Crippen molar-refractivity contribution in [2.45, 2.75) is 25.7 Å². The SMILES string of the molecule is CCN(CC)C(=S)Sc1ccc(NC(C)=O)cc1. The first-order chi connectivity index (χ1) is 8.56. The van der Waals surface area contributed by atoms with Gasteiger partial charge in [0.15, 0.2) is 0 Å². The zero-order chi connectivity index (χ0) is 13.5. The van der Waals surface area contributed by atoms with Gasteiger partial charge < -0.3 is 10.2 Å². The summed E-state index contributed by atoms with van der Waals surface area (Å²) in [5, 5.41) is 2.74. The predicted octanol–water partition coefficient (Wildman–Crippen LogP) is 3.36. The number of carbonyl (C=O) groups is 1. The van der Waals surface area contributed by atoms with E-state index in [0.717, 1.165) is 28.0 Å². The van der Waals surface area contributed by atoms with Gasteiger partial charge in [-0.3, -0.25) is 4.79 Å². The van der Waals surface area contributed by atoms with Crippen LogP contribution in [-0.4, -0.2) is 28.2 Å². The van der Waals surface area contributed by atoms with Crippen molar-refractivity contribution in [3.05, 3.63) is 24.3 Å². The van der Waals surface area contributed by atoms with Crippen LogP contribution in [0.2, 0.25) is 0 Å². The second-order valence-electron chi connectivity index (χ2n) is 3.75. The average Bonchev–Trinajstić information content (AvgIpc) is 2.32. The topological polar surface area (TPSA) is 32.3 Å². The lowest BCUT2D eigenvalue weighted by Crippen LogP contribution is -2.26. The van der Waals surface area contributed by atoms with E-state index in [1.165, 1.54) is 6.92 Å². The highest BCUT2D eigenvalue weighted by Gasteiger charge is 2.07. The Hall–Kier alpha value is -1.07. The van der Waals surface area contributed by atoms with Crippen LogP contribution in [0, 0.1) is 0 Å². The Labute approximate surface area is 118 Å². The molecule has 1 rings (SSSR count). The Morgan fingerprint density at radius 3 is 2.28 bits per heavy atom. The summed E-state index contributed by atoms with van der Waals surface area (Å²) in [4.78, 5) is 14.1. The predicted molar refractivity (Wildman–Crippen MR) is 82.1 cm³/mol. The molecule has 0 heterocycles. The van der Waals surface area contributed by atoms with Gasteiger partial charge in [-0.2, -0.15) is 0 Å². The second-order valence-corrected chi connectivity index (χ2v) is 5.45. The Kier molecular flexibility index (Phi) is 6.15. The third-order valence-corrected chi connectivity index (χ3v) is 3.85. The summed E-state index contributed by atoms with van der Waals surface area (Å²) in [6.07, 6.45) is 0. The van der Waals surface area contributed by atoms with Crippen molar-refractivity contribution < 1.29 is 4.79 Å². The van der Waals surface area contributed by atoms with E-state index in [4.69, 9.17) is 12.2 Å². The molecular weight excluding hydrogens is 264 g/mol. The standard InChI is InChI=1S/C13H18N2OS2/c1-4-15(5-2)13(17)18-12-8-6-11(7-9-12)14-10(3)16/h6-9H,4-5H2,1-3H3,(H,14,16). The Morgan fingerprint density at radius 1 is 1.28 bits per heavy atom. The maximum atomic E-state index is 10.9. The maximum Gasteiger partial charge on any atom is 0.221 e. The van der Waals surface area contributed by atoms with Gasteiger partial charge in [0.05, 0.1) is 0 Å². The van der Waals surface area contributed by atoms with Crippen molar-refractivity contribution in [2.75, 3.05) is 18.4 Å². The van der Waals surface area contributed by atoms with Crippen LogP contribution in [0.15, 0.2) is 29.2 Å². The van der Waals surface area contributed by atoms with Gasteiger partial charge in [0.2, 0.25) is 5.91 Å². The second kappa shape index (κ2) is 7.38. The molecule has 0 radical (unpaired) electrons. The van der Waals surface area contributed by atoms with Crippen molar-refractivity contribution >= 4 is 39.9 Å². The van der Waals surface area contributed by atoms with Crippen LogP contribution < -0.4 is 5.32 Å². The molecule has 0 aromatic heterocycles. The molecule has 0 bridgehead atoms. The van der Waals surface area contributed by atoms with Gasteiger partial charge in [-0.1, -0.05) is 24.0 Å². The summed E-state index contributed by atoms with van der Waals surface area (Å²) in [7, 11) is 0. The highest BCUT2D eigenvalue weighted by atomic mass is 32.2. The van der Waals surface area contributed by atoms with Crippen LogP contribution in [0.1, 0.15) is 20.8 Å². The largest absolute Gasteiger partial charge is 0.358 e. The molecule has 1 amide bonds. The lowest BCUT2D eigenvalue weighted by Gasteiger charge is -2.20. The number of thiocarbonyl (C=S) groups is 1. The highest BCUT2D eigenvalue weighted by Crippen LogP contribution is 2.23. The number of rotatable bonds is 4. The summed E-state index contributed by atoms with van der Waals surface area (Å²) < 4.78 is 0.882. The molecule has 0 fully saturated rings. The van der Waals surface area contributed by atoms with E-state index in [9.17, 15) is 4.79 Å². The summed E-state index contributed by atoms with van der Waals surface area (Å²) in [6, 6.07) is 7.70. The minimum Gasteiger partial charge on any atom is -0.358 e. The third-order valence-electron chi connectivity index (χ3n) is 2.40. The molecule has 0 saturated carbocycles. The van der Waals surface area contributed by atoms with Crippen LogP contribution in [0.4, 0.5) is 5.69 Å². The average molecular weight is 282 g/mol. The monoisotopic (exact) mass is 282 g/mol. The van der Waals surface area contributed by atoms with Crippen molar-refractivity contribution in [2.24, 2.45) is 0 Å². The number of nitrogens with one attached hydrogen (secondary N) is 1. The molecule has 18 heavy (non-hydrogen) atoms. The molecule has 0 unspecified atom stereocenters. The first-order valence-corrected chi connectivity index (χ1v) is 7.13. The van der Waals surface area contributed by atoms with Crippen LogP contribution in [-0.2, 0) is 4.79 Å². The van der Waals surface area contributed by atoms with Gasteiger partial charge in [0.1, 0.15) is 4.32 Å². The number of amides is 1. The number of anilines is 1. The van der Waals surface area contributed by atoms with Gasteiger partial charge >= 0.3 is 0 Å². The van der Waals surface area contributed by atoms with Crippen molar-refractivity contribution in [1.29, 1.82) is 0 Å². The normalized spacial score (nSPS) is 9.94. The van der Waals surface area contributed by atoms with Gasteiger partial charge in [0.25, 0.3) is 0 Å². The quantitative estimate of drug-likeness (QED) is 0.678. The summed E-state index contributed by atoms with van der Waals surface area (Å²) >= 11 is 6.95. The minimum absolute atomic E-state index is 0.0611. The molecule has 3 nitrogen and oxygen atoms in total. The molecule has 1 aromatic rings. The fourth-order valence-corrected chi connectivity index (χ4v) is 2.86. The van der Waals surface area contributed by atoms with E-state index in [-0.39, 0.29) is 5.91 Å². The summed E-state index contributed by atoms with van der Waals surface area (Å²) in [5.74, 6) is -0.0611. The fraction of sp³-hybridized carbons (Fsp3) is 0.385. The van der Waals surface area contributed by atoms with Crippen molar-refractivity contribution in [3.63, 3.8) is 0 Å². The van der Waals surface area contributed by atoms with E-state index in [1.807, 2.05) is 24.3 Å². The first kappa shape index (κ1) is 15.0. The molecule has 0 atom stereocenters. The van der Waals surface area contributed by atoms with Crippen LogP contribution in [0.3, 0.4) is 0 Å². The number of hydrogen-bond donors (Lipinski definition) is 1. The Balaban J connectivity index is 2.63. The zero-order valence-electron chi connectivity index (χ0n) is 10.9. The maximum absolute atomic E-state index is 10.9. The minimum atomic E-state index is -0.0611. The van der Waals surface area contributed by atoms with Gasteiger partial charge in [-0.25, -0.2) is 0 Å². The first-order valence-electron chi connectivity index (χ1n) is 5.91. The van der Waals surface area contributed by atoms with E-state index < -0.39 is 0 Å². The van der Waals surface area contributed by atoms with E-state index in [2.05, 4.69) is 24.1 Å². The third kappa shape index (κ3) is 4.66. The van der Waals surface area contributed by atoms with Crippen molar-refractivity contribution in [1.82, 2.24) is 4.90 Å². The molecule has 0 aliphatic heterocycles. The van der Waals surface area contributed by atoms with E-state index >= 15 is 0 Å². The summed E-state index contributed by atoms with van der Waals surface area (Å²) in [6.45, 7) is 7.53. The number of carbonyl (C=O) groups excluding carboxylic acids is 1. The molecule has 98 valence electrons. The molecule has 1 N–H and O–H groups in total. The van der Waals surface area contributed by atoms with Gasteiger partial charge in [-0.05, 0) is 38.1 Å².